The van der Waals surface area contributed by atoms with Crippen LogP contribution in [-0.4, -0.2) is 9.97 Å². The molecule has 0 aliphatic carbocycles. The molecule has 124 valence electrons. The average Bonchev–Trinajstić information content (AvgIpc) is 2.53. The predicted molar refractivity (Wildman–Crippen MR) is 90.1 cm³/mol. The molecule has 25 heavy (non-hydrogen) atoms. The zero-order valence-corrected chi connectivity index (χ0v) is 13.4. The third kappa shape index (κ3) is 2.76. The van der Waals surface area contributed by atoms with E-state index in [0.29, 0.717) is 33.3 Å². The van der Waals surface area contributed by atoms with Gasteiger partial charge in [-0.1, -0.05) is 0 Å². The fourth-order valence-corrected chi connectivity index (χ4v) is 2.58. The average molecular weight is 336 g/mol. The number of rotatable bonds is 2. The molecular formula is C18H12N2O5. The summed E-state index contributed by atoms with van der Waals surface area (Å²) in [5.74, 6) is 1.58. The first-order chi connectivity index (χ1) is 12.0. The maximum Gasteiger partial charge on any atom is 0.346 e. The Labute approximate surface area is 140 Å². The molecule has 4 rings (SSSR count). The van der Waals surface area contributed by atoms with E-state index < -0.39 is 11.3 Å². The van der Waals surface area contributed by atoms with Crippen molar-refractivity contribution in [3.05, 3.63) is 69.0 Å². The summed E-state index contributed by atoms with van der Waals surface area (Å²) in [6.07, 6.45) is 0. The number of ether oxygens (including phenoxy) is 1. The molecule has 2 aromatic carbocycles. The zero-order chi connectivity index (χ0) is 17.6. The van der Waals surface area contributed by atoms with Crippen LogP contribution in [0, 0.1) is 13.8 Å². The topological polar surface area (TPSA) is 95.4 Å². The van der Waals surface area contributed by atoms with E-state index in [9.17, 15) is 9.59 Å². The van der Waals surface area contributed by atoms with Crippen molar-refractivity contribution in [2.45, 2.75) is 13.8 Å². The van der Waals surface area contributed by atoms with Crippen LogP contribution in [0.2, 0.25) is 0 Å². The van der Waals surface area contributed by atoms with Crippen LogP contribution in [0.4, 0.5) is 0 Å². The standard InChI is InChI=1S/C18H12N2O5/c1-9-19-15-7-11(3-5-13(15)17(21)23-9)25-12-4-6-14-16(8-12)20-10(2)24-18(14)22/h3-8H,1-2H3. The summed E-state index contributed by atoms with van der Waals surface area (Å²) < 4.78 is 15.7. The van der Waals surface area contributed by atoms with Crippen LogP contribution < -0.4 is 16.0 Å². The first-order valence-corrected chi connectivity index (χ1v) is 7.50. The number of fused-ring (bicyclic) bond motifs is 2. The largest absolute Gasteiger partial charge is 0.457 e. The molecular weight excluding hydrogens is 324 g/mol. The molecule has 7 heteroatoms. The number of hydrogen-bond donors (Lipinski definition) is 0. The molecule has 0 aliphatic heterocycles. The van der Waals surface area contributed by atoms with Gasteiger partial charge < -0.3 is 13.6 Å². The van der Waals surface area contributed by atoms with Crippen molar-refractivity contribution in [3.8, 4) is 11.5 Å². The van der Waals surface area contributed by atoms with E-state index in [2.05, 4.69) is 9.97 Å². The fraction of sp³-hybridized carbons (Fsp3) is 0.111. The van der Waals surface area contributed by atoms with Gasteiger partial charge in [-0.15, -0.1) is 0 Å². The highest BCUT2D eigenvalue weighted by atomic mass is 16.5. The maximum atomic E-state index is 11.8. The second-order valence-corrected chi connectivity index (χ2v) is 5.50. The lowest BCUT2D eigenvalue weighted by molar-refractivity contribution is 0.464. The molecule has 4 aromatic rings. The van der Waals surface area contributed by atoms with Crippen LogP contribution in [0.5, 0.6) is 11.5 Å². The van der Waals surface area contributed by atoms with E-state index in [4.69, 9.17) is 13.6 Å². The lowest BCUT2D eigenvalue weighted by Crippen LogP contribution is -2.03. The Balaban J connectivity index is 1.77. The third-order valence-electron chi connectivity index (χ3n) is 3.65. The van der Waals surface area contributed by atoms with Crippen molar-refractivity contribution < 1.29 is 13.6 Å². The van der Waals surface area contributed by atoms with Gasteiger partial charge in [0.15, 0.2) is 11.8 Å². The van der Waals surface area contributed by atoms with Crippen molar-refractivity contribution in [3.63, 3.8) is 0 Å². The molecule has 0 spiro atoms. The number of hydrogen-bond acceptors (Lipinski definition) is 7. The van der Waals surface area contributed by atoms with Crippen LogP contribution in [0.15, 0.2) is 54.8 Å². The fourth-order valence-electron chi connectivity index (χ4n) is 2.58. The van der Waals surface area contributed by atoms with Crippen molar-refractivity contribution in [1.29, 1.82) is 0 Å². The minimum atomic E-state index is -0.439. The summed E-state index contributed by atoms with van der Waals surface area (Å²) in [5, 5.41) is 0.762. The molecule has 0 fully saturated rings. The van der Waals surface area contributed by atoms with E-state index in [0.717, 1.165) is 0 Å². The normalized spacial score (nSPS) is 11.1. The Kier molecular flexibility index (Phi) is 3.35. The van der Waals surface area contributed by atoms with Crippen LogP contribution in [0.25, 0.3) is 21.8 Å². The van der Waals surface area contributed by atoms with Gasteiger partial charge in [-0.05, 0) is 24.3 Å². The highest BCUT2D eigenvalue weighted by molar-refractivity contribution is 5.80. The van der Waals surface area contributed by atoms with Gasteiger partial charge in [0.05, 0.1) is 21.8 Å². The Bertz CT molecular complexity index is 1140. The van der Waals surface area contributed by atoms with Crippen molar-refractivity contribution in [2.24, 2.45) is 0 Å². The molecule has 0 N–H and O–H groups in total. The monoisotopic (exact) mass is 336 g/mol. The minimum Gasteiger partial charge on any atom is -0.457 e. The lowest BCUT2D eigenvalue weighted by Gasteiger charge is -2.07. The van der Waals surface area contributed by atoms with Crippen molar-refractivity contribution >= 4 is 21.8 Å². The smallest absolute Gasteiger partial charge is 0.346 e. The third-order valence-corrected chi connectivity index (χ3v) is 3.65. The lowest BCUT2D eigenvalue weighted by atomic mass is 10.2. The molecule has 2 heterocycles. The van der Waals surface area contributed by atoms with Gasteiger partial charge in [-0.25, -0.2) is 19.6 Å². The molecule has 0 unspecified atom stereocenters. The summed E-state index contributed by atoms with van der Waals surface area (Å²) in [5.41, 5.74) is 0.0978. The SMILES string of the molecule is Cc1nc2cc(Oc3ccc4c(=O)oc(C)nc4c3)ccc2c(=O)o1. The summed E-state index contributed by atoms with van der Waals surface area (Å²) in [7, 11) is 0. The Hall–Kier alpha value is -3.48. The first-order valence-electron chi connectivity index (χ1n) is 7.50. The van der Waals surface area contributed by atoms with Gasteiger partial charge in [0.2, 0.25) is 0 Å². The Morgan fingerprint density at radius 2 is 1.20 bits per heavy atom. The molecule has 2 aromatic heterocycles. The highest BCUT2D eigenvalue weighted by Crippen LogP contribution is 2.26. The summed E-state index contributed by atoms with van der Waals surface area (Å²) >= 11 is 0. The molecule has 0 saturated heterocycles. The van der Waals surface area contributed by atoms with E-state index >= 15 is 0 Å². The zero-order valence-electron chi connectivity index (χ0n) is 13.4. The van der Waals surface area contributed by atoms with E-state index in [-0.39, 0.29) is 11.8 Å². The number of nitrogens with zero attached hydrogens (tertiary/aromatic N) is 2. The molecule has 7 nitrogen and oxygen atoms in total. The Morgan fingerprint density at radius 1 is 0.760 bits per heavy atom. The van der Waals surface area contributed by atoms with Gasteiger partial charge in [-0.3, -0.25) is 0 Å². The second-order valence-electron chi connectivity index (χ2n) is 5.50. The van der Waals surface area contributed by atoms with Crippen LogP contribution in [0.3, 0.4) is 0 Å². The molecule has 0 amide bonds. The Morgan fingerprint density at radius 3 is 1.64 bits per heavy atom. The number of benzene rings is 2. The summed E-state index contributed by atoms with van der Waals surface area (Å²) in [6.45, 7) is 3.22. The second kappa shape index (κ2) is 5.55. The van der Waals surface area contributed by atoms with Crippen molar-refractivity contribution in [1.82, 2.24) is 9.97 Å². The molecule has 0 saturated carbocycles. The molecule has 0 atom stereocenters. The van der Waals surface area contributed by atoms with Crippen LogP contribution >= 0.6 is 0 Å². The van der Waals surface area contributed by atoms with E-state index in [1.807, 2.05) is 0 Å². The van der Waals surface area contributed by atoms with Gasteiger partial charge in [0.1, 0.15) is 11.5 Å². The first kappa shape index (κ1) is 15.1. The van der Waals surface area contributed by atoms with Crippen molar-refractivity contribution in [2.75, 3.05) is 0 Å². The quantitative estimate of drug-likeness (QED) is 0.555. The summed E-state index contributed by atoms with van der Waals surface area (Å²) in [4.78, 5) is 32.0. The number of aryl methyl sites for hydroxylation is 2. The highest BCUT2D eigenvalue weighted by Gasteiger charge is 2.08. The molecule has 0 aliphatic rings. The number of aromatic nitrogens is 2. The minimum absolute atomic E-state index is 0.284. The summed E-state index contributed by atoms with van der Waals surface area (Å²) in [6, 6.07) is 9.81. The van der Waals surface area contributed by atoms with E-state index in [1.165, 1.54) is 0 Å². The van der Waals surface area contributed by atoms with Crippen LogP contribution in [0.1, 0.15) is 11.8 Å². The maximum absolute atomic E-state index is 11.8. The van der Waals surface area contributed by atoms with Gasteiger partial charge >= 0.3 is 11.3 Å². The predicted octanol–water partition coefficient (Wildman–Crippen LogP) is 3.10. The van der Waals surface area contributed by atoms with Crippen LogP contribution in [-0.2, 0) is 0 Å². The van der Waals surface area contributed by atoms with Gasteiger partial charge in [0, 0.05) is 26.0 Å². The van der Waals surface area contributed by atoms with Gasteiger partial charge in [0.25, 0.3) is 0 Å². The van der Waals surface area contributed by atoms with E-state index in [1.54, 1.807) is 50.2 Å². The molecule has 0 bridgehead atoms. The molecule has 0 radical (unpaired) electrons. The van der Waals surface area contributed by atoms with Gasteiger partial charge in [-0.2, -0.15) is 0 Å².